The largest absolute Gasteiger partial charge is 0.508 e. The van der Waals surface area contributed by atoms with E-state index in [0.717, 1.165) is 11.1 Å². The number of hydrogen-bond acceptors (Lipinski definition) is 2. The lowest BCUT2D eigenvalue weighted by Gasteiger charge is -2.21. The third kappa shape index (κ3) is 1.88. The zero-order chi connectivity index (χ0) is 10.9. The molecule has 14 heavy (non-hydrogen) atoms. The monoisotopic (exact) mass is 189 g/mol. The number of hydrogen-bond donors (Lipinski definition) is 1. The van der Waals surface area contributed by atoms with Crippen LogP contribution in [-0.4, -0.2) is 5.11 Å². The molecule has 0 radical (unpaired) electrons. The Bertz CT molecular complexity index is 394. The Balaban J connectivity index is 3.41. The highest BCUT2D eigenvalue weighted by atomic mass is 16.3. The van der Waals surface area contributed by atoms with Gasteiger partial charge in [-0.1, -0.05) is 20.8 Å². The molecule has 0 atom stereocenters. The number of nitriles is 1. The molecule has 2 heteroatoms. The van der Waals surface area contributed by atoms with E-state index in [9.17, 15) is 5.11 Å². The van der Waals surface area contributed by atoms with Crippen molar-refractivity contribution in [3.63, 3.8) is 0 Å². The van der Waals surface area contributed by atoms with E-state index in [2.05, 4.69) is 6.07 Å². The first kappa shape index (κ1) is 10.6. The summed E-state index contributed by atoms with van der Waals surface area (Å²) in [6, 6.07) is 5.54. The van der Waals surface area contributed by atoms with E-state index in [1.54, 1.807) is 12.1 Å². The summed E-state index contributed by atoms with van der Waals surface area (Å²) in [5.41, 5.74) is 2.13. The fourth-order valence-corrected chi connectivity index (χ4v) is 1.41. The molecule has 0 aromatic heterocycles. The Hall–Kier alpha value is -1.49. The first-order valence-corrected chi connectivity index (χ1v) is 4.60. The van der Waals surface area contributed by atoms with Crippen molar-refractivity contribution in [2.24, 2.45) is 0 Å². The summed E-state index contributed by atoms with van der Waals surface area (Å²) in [6.07, 6.45) is 0. The molecule has 0 aliphatic rings. The van der Waals surface area contributed by atoms with Gasteiger partial charge in [-0.15, -0.1) is 0 Å². The normalized spacial score (nSPS) is 11.1. The molecule has 0 fully saturated rings. The van der Waals surface area contributed by atoms with Crippen LogP contribution in [0.3, 0.4) is 0 Å². The van der Waals surface area contributed by atoms with Crippen LogP contribution in [0.1, 0.15) is 37.5 Å². The molecule has 74 valence electrons. The topological polar surface area (TPSA) is 44.0 Å². The smallest absolute Gasteiger partial charge is 0.119 e. The zero-order valence-electron chi connectivity index (χ0n) is 9.05. The van der Waals surface area contributed by atoms with E-state index >= 15 is 0 Å². The molecular formula is C12H15NO. The van der Waals surface area contributed by atoms with Crippen molar-refractivity contribution in [1.29, 1.82) is 5.26 Å². The van der Waals surface area contributed by atoms with Gasteiger partial charge in [-0.3, -0.25) is 0 Å². The lowest BCUT2D eigenvalue weighted by molar-refractivity contribution is 0.446. The predicted molar refractivity (Wildman–Crippen MR) is 56.3 cm³/mol. The number of aromatic hydroxyl groups is 1. The van der Waals surface area contributed by atoms with Gasteiger partial charge in [0.05, 0.1) is 11.6 Å². The minimum Gasteiger partial charge on any atom is -0.508 e. The summed E-state index contributed by atoms with van der Waals surface area (Å²) in [5.74, 6) is 0.272. The zero-order valence-corrected chi connectivity index (χ0v) is 9.05. The molecule has 1 N–H and O–H groups in total. The van der Waals surface area contributed by atoms with Crippen LogP contribution < -0.4 is 0 Å². The van der Waals surface area contributed by atoms with Crippen LogP contribution in [0.15, 0.2) is 12.1 Å². The molecule has 0 unspecified atom stereocenters. The van der Waals surface area contributed by atoms with Gasteiger partial charge in [-0.2, -0.15) is 5.26 Å². The van der Waals surface area contributed by atoms with E-state index in [-0.39, 0.29) is 11.2 Å². The van der Waals surface area contributed by atoms with Gasteiger partial charge in [0, 0.05) is 5.56 Å². The molecule has 0 aliphatic carbocycles. The van der Waals surface area contributed by atoms with Crippen LogP contribution in [0.5, 0.6) is 5.75 Å². The molecule has 0 spiro atoms. The fourth-order valence-electron chi connectivity index (χ4n) is 1.41. The van der Waals surface area contributed by atoms with Gasteiger partial charge in [0.1, 0.15) is 5.75 Å². The van der Waals surface area contributed by atoms with Gasteiger partial charge < -0.3 is 5.11 Å². The van der Waals surface area contributed by atoms with Crippen molar-refractivity contribution in [3.05, 3.63) is 28.8 Å². The highest BCUT2D eigenvalue weighted by molar-refractivity contribution is 5.49. The van der Waals surface area contributed by atoms with Crippen molar-refractivity contribution in [2.75, 3.05) is 0 Å². The quantitative estimate of drug-likeness (QED) is 0.682. The van der Waals surface area contributed by atoms with Crippen molar-refractivity contribution in [3.8, 4) is 11.8 Å². The fraction of sp³-hybridized carbons (Fsp3) is 0.417. The summed E-state index contributed by atoms with van der Waals surface area (Å²) in [4.78, 5) is 0. The molecule has 0 saturated heterocycles. The Morgan fingerprint density at radius 2 is 1.86 bits per heavy atom. The van der Waals surface area contributed by atoms with Crippen LogP contribution in [-0.2, 0) is 5.41 Å². The molecule has 0 bridgehead atoms. The highest BCUT2D eigenvalue weighted by Crippen LogP contribution is 2.32. The Labute approximate surface area is 84.8 Å². The third-order valence-corrected chi connectivity index (χ3v) is 2.27. The molecule has 0 aliphatic heterocycles. The second kappa shape index (κ2) is 3.34. The SMILES string of the molecule is Cc1cc(O)c(C(C)(C)C)cc1C#N. The van der Waals surface area contributed by atoms with Crippen LogP contribution >= 0.6 is 0 Å². The molecule has 2 nitrogen and oxygen atoms in total. The lowest BCUT2D eigenvalue weighted by Crippen LogP contribution is -2.11. The third-order valence-electron chi connectivity index (χ3n) is 2.27. The first-order chi connectivity index (χ1) is 6.36. The lowest BCUT2D eigenvalue weighted by atomic mass is 9.84. The molecule has 1 rings (SSSR count). The number of nitrogens with zero attached hydrogens (tertiary/aromatic N) is 1. The van der Waals surface area contributed by atoms with Crippen molar-refractivity contribution in [1.82, 2.24) is 0 Å². The second-order valence-corrected chi connectivity index (χ2v) is 4.55. The summed E-state index contributed by atoms with van der Waals surface area (Å²) in [5, 5.41) is 18.6. The van der Waals surface area contributed by atoms with Gasteiger partial charge in [0.2, 0.25) is 0 Å². The average Bonchev–Trinajstić information content (AvgIpc) is 2.02. The van der Waals surface area contributed by atoms with Gasteiger partial charge in [0.15, 0.2) is 0 Å². The Morgan fingerprint density at radius 3 is 2.29 bits per heavy atom. The summed E-state index contributed by atoms with van der Waals surface area (Å²) >= 11 is 0. The summed E-state index contributed by atoms with van der Waals surface area (Å²) in [6.45, 7) is 7.86. The van der Waals surface area contributed by atoms with Crippen molar-refractivity contribution in [2.45, 2.75) is 33.1 Å². The van der Waals surface area contributed by atoms with Gasteiger partial charge in [-0.05, 0) is 30.0 Å². The molecule has 1 aromatic carbocycles. The standard InChI is InChI=1S/C12H15NO/c1-8-5-11(14)10(12(2,3)4)6-9(8)7-13/h5-6,14H,1-4H3. The molecule has 0 heterocycles. The Morgan fingerprint density at radius 1 is 1.29 bits per heavy atom. The van der Waals surface area contributed by atoms with E-state index in [4.69, 9.17) is 5.26 Å². The molecular weight excluding hydrogens is 174 g/mol. The van der Waals surface area contributed by atoms with Gasteiger partial charge in [0.25, 0.3) is 0 Å². The molecule has 0 saturated carbocycles. The maximum atomic E-state index is 9.74. The summed E-state index contributed by atoms with van der Waals surface area (Å²) < 4.78 is 0. The molecule has 0 amide bonds. The van der Waals surface area contributed by atoms with Crippen molar-refractivity contribution < 1.29 is 5.11 Å². The van der Waals surface area contributed by atoms with Crippen LogP contribution in [0.4, 0.5) is 0 Å². The van der Waals surface area contributed by atoms with E-state index < -0.39 is 0 Å². The molecule has 1 aromatic rings. The minimum atomic E-state index is -0.136. The van der Waals surface area contributed by atoms with Crippen LogP contribution in [0.2, 0.25) is 0 Å². The number of aryl methyl sites for hydroxylation is 1. The van der Waals surface area contributed by atoms with Gasteiger partial charge in [-0.25, -0.2) is 0 Å². The van der Waals surface area contributed by atoms with E-state index in [1.807, 2.05) is 27.7 Å². The van der Waals surface area contributed by atoms with Gasteiger partial charge >= 0.3 is 0 Å². The van der Waals surface area contributed by atoms with Crippen LogP contribution in [0, 0.1) is 18.3 Å². The number of phenols is 1. The number of benzene rings is 1. The van der Waals surface area contributed by atoms with E-state index in [1.165, 1.54) is 0 Å². The van der Waals surface area contributed by atoms with Crippen molar-refractivity contribution >= 4 is 0 Å². The van der Waals surface area contributed by atoms with E-state index in [0.29, 0.717) is 5.56 Å². The number of phenolic OH excluding ortho intramolecular Hbond substituents is 1. The van der Waals surface area contributed by atoms with Crippen LogP contribution in [0.25, 0.3) is 0 Å². The number of rotatable bonds is 0. The minimum absolute atomic E-state index is 0.136. The maximum Gasteiger partial charge on any atom is 0.119 e. The predicted octanol–water partition coefficient (Wildman–Crippen LogP) is 2.87. The average molecular weight is 189 g/mol. The summed E-state index contributed by atoms with van der Waals surface area (Å²) in [7, 11) is 0. The maximum absolute atomic E-state index is 9.74. The second-order valence-electron chi connectivity index (χ2n) is 4.55. The Kier molecular flexibility index (Phi) is 2.53. The highest BCUT2D eigenvalue weighted by Gasteiger charge is 2.19. The first-order valence-electron chi connectivity index (χ1n) is 4.60.